The van der Waals surface area contributed by atoms with Gasteiger partial charge in [-0.3, -0.25) is 4.79 Å². The van der Waals surface area contributed by atoms with Gasteiger partial charge in [-0.15, -0.1) is 0 Å². The van der Waals surface area contributed by atoms with E-state index in [4.69, 9.17) is 15.5 Å². The summed E-state index contributed by atoms with van der Waals surface area (Å²) >= 11 is 0. The number of anilines is 1. The number of nitrogen functional groups attached to an aromatic ring is 1. The lowest BCUT2D eigenvalue weighted by atomic mass is 10.2. The maximum absolute atomic E-state index is 12.9. The lowest BCUT2D eigenvalue weighted by Gasteiger charge is -2.04. The molecule has 0 aliphatic heterocycles. The summed E-state index contributed by atoms with van der Waals surface area (Å²) in [7, 11) is 0. The van der Waals surface area contributed by atoms with Gasteiger partial charge in [-0.2, -0.15) is 9.78 Å². The number of nitrogens with two attached hydrogens (primary N) is 1. The van der Waals surface area contributed by atoms with Gasteiger partial charge in [-0.25, -0.2) is 9.97 Å². The molecule has 2 aromatic carbocycles. The zero-order valence-corrected chi connectivity index (χ0v) is 18.2. The Morgan fingerprint density at radius 3 is 2.53 bits per heavy atom. The zero-order chi connectivity index (χ0) is 22.5. The number of carbonyl (C=O) groups excluding carboxylic acids is 1. The van der Waals surface area contributed by atoms with Crippen LogP contribution in [-0.4, -0.2) is 39.9 Å². The molecule has 0 radical (unpaired) electrons. The van der Waals surface area contributed by atoms with E-state index >= 15 is 0 Å². The topological polar surface area (TPSA) is 107 Å². The number of hydrogen-bond donors (Lipinski definition) is 2. The third-order valence-electron chi connectivity index (χ3n) is 5.03. The Bertz CT molecular complexity index is 1280. The highest BCUT2D eigenvalue weighted by Gasteiger charge is 2.23. The van der Waals surface area contributed by atoms with E-state index < -0.39 is 0 Å². The second kappa shape index (κ2) is 9.47. The van der Waals surface area contributed by atoms with Gasteiger partial charge < -0.3 is 15.8 Å². The van der Waals surface area contributed by atoms with E-state index in [0.717, 1.165) is 24.2 Å². The van der Waals surface area contributed by atoms with Gasteiger partial charge in [0.25, 0.3) is 5.91 Å². The summed E-state index contributed by atoms with van der Waals surface area (Å²) < 4.78 is 6.95. The van der Waals surface area contributed by atoms with Crippen molar-refractivity contribution in [3.63, 3.8) is 0 Å². The van der Waals surface area contributed by atoms with Gasteiger partial charge in [-0.1, -0.05) is 25.5 Å². The molecular weight excluding hydrogens is 404 g/mol. The van der Waals surface area contributed by atoms with Crippen molar-refractivity contribution in [3.8, 4) is 5.75 Å². The van der Waals surface area contributed by atoms with Crippen LogP contribution in [0.4, 0.5) is 5.82 Å². The minimum atomic E-state index is -0.277. The van der Waals surface area contributed by atoms with Gasteiger partial charge in [0, 0.05) is 6.54 Å². The first-order valence-electron chi connectivity index (χ1n) is 10.7. The van der Waals surface area contributed by atoms with E-state index in [0.29, 0.717) is 35.3 Å². The van der Waals surface area contributed by atoms with Gasteiger partial charge in [0.15, 0.2) is 5.65 Å². The number of aromatic nitrogens is 3. The summed E-state index contributed by atoms with van der Waals surface area (Å²) in [5.74, 6) is 0.714. The molecule has 2 heterocycles. The molecule has 0 atom stereocenters. The van der Waals surface area contributed by atoms with Crippen LogP contribution in [0.1, 0.15) is 42.6 Å². The molecule has 0 fully saturated rings. The number of para-hydroxylation sites is 2. The van der Waals surface area contributed by atoms with Gasteiger partial charge in [0.2, 0.25) is 0 Å². The highest BCUT2D eigenvalue weighted by Crippen LogP contribution is 2.27. The van der Waals surface area contributed by atoms with Crippen LogP contribution in [0, 0.1) is 0 Å². The van der Waals surface area contributed by atoms with Crippen LogP contribution in [0.5, 0.6) is 5.75 Å². The quantitative estimate of drug-likeness (QED) is 0.325. The van der Waals surface area contributed by atoms with Crippen LogP contribution in [0.15, 0.2) is 53.6 Å². The second-order valence-electron chi connectivity index (χ2n) is 7.31. The minimum absolute atomic E-state index is 0.200. The van der Waals surface area contributed by atoms with Crippen LogP contribution in [0.25, 0.3) is 22.2 Å². The summed E-state index contributed by atoms with van der Waals surface area (Å²) in [6.45, 7) is 5.18. The third kappa shape index (κ3) is 4.25. The molecule has 32 heavy (non-hydrogen) atoms. The number of benzene rings is 2. The van der Waals surface area contributed by atoms with Crippen molar-refractivity contribution in [2.24, 2.45) is 5.10 Å². The number of hydrogen-bond acceptors (Lipinski definition) is 6. The Morgan fingerprint density at radius 2 is 1.84 bits per heavy atom. The van der Waals surface area contributed by atoms with Crippen molar-refractivity contribution < 1.29 is 9.53 Å². The lowest BCUT2D eigenvalue weighted by molar-refractivity contribution is 0.0955. The molecule has 164 valence electrons. The average molecular weight is 431 g/mol. The first kappa shape index (κ1) is 21.3. The van der Waals surface area contributed by atoms with Crippen LogP contribution < -0.4 is 15.8 Å². The van der Waals surface area contributed by atoms with Gasteiger partial charge in [0.1, 0.15) is 22.6 Å². The maximum atomic E-state index is 12.9. The van der Waals surface area contributed by atoms with E-state index in [1.54, 1.807) is 6.21 Å². The fraction of sp³-hybridized carbons (Fsp3) is 0.250. The molecular formula is C24H26N6O2. The van der Waals surface area contributed by atoms with Gasteiger partial charge in [0.05, 0.1) is 23.9 Å². The number of nitrogens with zero attached hydrogens (tertiary/aromatic N) is 4. The number of carbonyl (C=O) groups is 1. The van der Waals surface area contributed by atoms with Crippen molar-refractivity contribution in [2.75, 3.05) is 18.9 Å². The Kier molecular flexibility index (Phi) is 6.30. The molecule has 0 aliphatic carbocycles. The number of nitrogens with one attached hydrogen (secondary N) is 1. The molecule has 8 nitrogen and oxygen atoms in total. The first-order valence-corrected chi connectivity index (χ1v) is 10.7. The Morgan fingerprint density at radius 1 is 1.12 bits per heavy atom. The zero-order valence-electron chi connectivity index (χ0n) is 18.2. The summed E-state index contributed by atoms with van der Waals surface area (Å²) in [6.07, 6.45) is 3.53. The van der Waals surface area contributed by atoms with Crippen molar-refractivity contribution >= 4 is 40.1 Å². The van der Waals surface area contributed by atoms with Gasteiger partial charge in [-0.05, 0) is 55.3 Å². The molecule has 0 saturated heterocycles. The van der Waals surface area contributed by atoms with E-state index in [9.17, 15) is 4.79 Å². The van der Waals surface area contributed by atoms with E-state index in [2.05, 4.69) is 22.3 Å². The molecule has 3 N–H and O–H groups in total. The number of fused-ring (bicyclic) bond motifs is 2. The van der Waals surface area contributed by atoms with Gasteiger partial charge >= 0.3 is 0 Å². The molecule has 8 heteroatoms. The van der Waals surface area contributed by atoms with Crippen LogP contribution in [0.2, 0.25) is 0 Å². The highest BCUT2D eigenvalue weighted by molar-refractivity contribution is 6.10. The molecule has 0 spiro atoms. The fourth-order valence-electron chi connectivity index (χ4n) is 3.40. The second-order valence-corrected chi connectivity index (χ2v) is 7.31. The average Bonchev–Trinajstić information content (AvgIpc) is 3.07. The van der Waals surface area contributed by atoms with Crippen molar-refractivity contribution in [3.05, 3.63) is 59.7 Å². The number of unbranched alkanes of at least 4 members (excludes halogenated alkanes) is 1. The smallest absolute Gasteiger partial charge is 0.257 e. The van der Waals surface area contributed by atoms with Crippen LogP contribution >= 0.6 is 0 Å². The first-order chi connectivity index (χ1) is 15.6. The minimum Gasteiger partial charge on any atom is -0.494 e. The largest absolute Gasteiger partial charge is 0.494 e. The Balaban J connectivity index is 1.79. The molecule has 4 rings (SSSR count). The molecule has 0 saturated carbocycles. The van der Waals surface area contributed by atoms with Crippen LogP contribution in [0.3, 0.4) is 0 Å². The molecule has 2 aromatic heterocycles. The van der Waals surface area contributed by atoms with Crippen LogP contribution in [-0.2, 0) is 0 Å². The van der Waals surface area contributed by atoms with Crippen molar-refractivity contribution in [1.82, 2.24) is 20.0 Å². The molecule has 4 aromatic rings. The van der Waals surface area contributed by atoms with E-state index in [1.165, 1.54) is 4.68 Å². The normalized spacial score (nSPS) is 11.4. The molecule has 0 aliphatic rings. The lowest BCUT2D eigenvalue weighted by Crippen LogP contribution is -2.25. The summed E-state index contributed by atoms with van der Waals surface area (Å²) in [5, 5.41) is 7.45. The summed E-state index contributed by atoms with van der Waals surface area (Å²) in [6, 6.07) is 15.1. The van der Waals surface area contributed by atoms with E-state index in [1.807, 2.05) is 55.5 Å². The fourth-order valence-corrected chi connectivity index (χ4v) is 3.40. The molecule has 0 unspecified atom stereocenters. The Hall–Kier alpha value is -3.94. The highest BCUT2D eigenvalue weighted by atomic mass is 16.5. The van der Waals surface area contributed by atoms with E-state index in [-0.39, 0.29) is 17.3 Å². The maximum Gasteiger partial charge on any atom is 0.257 e. The predicted octanol–water partition coefficient (Wildman–Crippen LogP) is 3.98. The predicted molar refractivity (Wildman–Crippen MR) is 127 cm³/mol. The third-order valence-corrected chi connectivity index (χ3v) is 5.03. The van der Waals surface area contributed by atoms with Crippen molar-refractivity contribution in [2.45, 2.75) is 26.7 Å². The molecule has 1 amide bonds. The Labute approximate surface area is 186 Å². The summed E-state index contributed by atoms with van der Waals surface area (Å²) in [4.78, 5) is 22.3. The number of ether oxygens (including phenoxy) is 1. The van der Waals surface area contributed by atoms with Crippen molar-refractivity contribution in [1.29, 1.82) is 0 Å². The SMILES string of the molecule is CCCCNC(=O)c1c(N)n(/N=C\c2ccc(OCC)cc2)c2nc3ccccc3nc12. The monoisotopic (exact) mass is 430 g/mol. The standard InChI is InChI=1S/C24H26N6O2/c1-3-5-14-26-24(31)20-21-23(29-19-9-7-6-8-18(19)28-21)30(22(20)25)27-15-16-10-12-17(13-11-16)32-4-2/h6-13,15H,3-5,14,25H2,1-2H3,(H,26,31)/b27-15-. The number of rotatable bonds is 8. The summed E-state index contributed by atoms with van der Waals surface area (Å²) in [5.41, 5.74) is 9.80. The molecule has 0 bridgehead atoms. The number of amides is 1.